The molecule has 0 bridgehead atoms. The number of hydrogen-bond acceptors (Lipinski definition) is 5. The third kappa shape index (κ3) is 7.23. The highest BCUT2D eigenvalue weighted by molar-refractivity contribution is 5.95. The van der Waals surface area contributed by atoms with Crippen LogP contribution in [0.3, 0.4) is 0 Å². The van der Waals surface area contributed by atoms with E-state index >= 15 is 0 Å². The summed E-state index contributed by atoms with van der Waals surface area (Å²) in [6.45, 7) is 13.2. The summed E-state index contributed by atoms with van der Waals surface area (Å²) in [5.74, 6) is -0.646. The second-order valence-electron chi connectivity index (χ2n) is 10.8. The van der Waals surface area contributed by atoms with E-state index in [4.69, 9.17) is 4.74 Å². The van der Waals surface area contributed by atoms with Crippen LogP contribution in [0.25, 0.3) is 0 Å². The van der Waals surface area contributed by atoms with Crippen molar-refractivity contribution in [2.45, 2.75) is 65.3 Å². The van der Waals surface area contributed by atoms with Crippen LogP contribution in [0.2, 0.25) is 0 Å². The van der Waals surface area contributed by atoms with Crippen LogP contribution >= 0.6 is 0 Å². The van der Waals surface area contributed by atoms with E-state index in [0.29, 0.717) is 30.9 Å². The van der Waals surface area contributed by atoms with Gasteiger partial charge in [0, 0.05) is 50.0 Å². The number of carbonyl (C=O) groups excluding carboxylic acids is 3. The van der Waals surface area contributed by atoms with Crippen LogP contribution in [-0.2, 0) is 15.7 Å². The number of benzene rings is 1. The van der Waals surface area contributed by atoms with Gasteiger partial charge in [-0.15, -0.1) is 0 Å². The van der Waals surface area contributed by atoms with Gasteiger partial charge in [-0.1, -0.05) is 12.1 Å². The van der Waals surface area contributed by atoms with Crippen molar-refractivity contribution in [2.75, 3.05) is 39.3 Å². The predicted octanol–water partition coefficient (Wildman–Crippen LogP) is 4.12. The minimum atomic E-state index is -4.51. The summed E-state index contributed by atoms with van der Waals surface area (Å²) in [4.78, 5) is 44.4. The number of amides is 4. The fourth-order valence-electron chi connectivity index (χ4n) is 4.85. The van der Waals surface area contributed by atoms with Gasteiger partial charge >= 0.3 is 24.2 Å². The molecule has 2 heterocycles. The maximum Gasteiger partial charge on any atom is 0.416 e. The quantitative estimate of drug-likeness (QED) is 0.517. The summed E-state index contributed by atoms with van der Waals surface area (Å²) in [5, 5.41) is 5.75. The molecular formula is C27H38F3N5O4. The Balaban J connectivity index is 1.95. The molecular weight excluding hydrogens is 515 g/mol. The zero-order valence-electron chi connectivity index (χ0n) is 23.3. The number of esters is 1. The van der Waals surface area contributed by atoms with Gasteiger partial charge in [-0.25, -0.2) is 14.4 Å². The van der Waals surface area contributed by atoms with Crippen LogP contribution in [0.1, 0.15) is 58.7 Å². The van der Waals surface area contributed by atoms with Crippen molar-refractivity contribution in [3.63, 3.8) is 0 Å². The molecule has 0 aromatic heterocycles. The molecule has 2 aliphatic heterocycles. The molecule has 3 rings (SSSR count). The molecule has 216 valence electrons. The van der Waals surface area contributed by atoms with Gasteiger partial charge in [0.25, 0.3) is 0 Å². The fraction of sp³-hybridized carbons (Fsp3) is 0.593. The smallest absolute Gasteiger partial charge is 0.416 e. The van der Waals surface area contributed by atoms with Crippen LogP contribution in [0.15, 0.2) is 35.5 Å². The number of likely N-dealkylation sites (N-methyl/N-ethyl adjacent to an activating group) is 1. The van der Waals surface area contributed by atoms with Crippen molar-refractivity contribution >= 4 is 18.0 Å². The Bertz CT molecular complexity index is 1100. The van der Waals surface area contributed by atoms with Crippen LogP contribution in [0.5, 0.6) is 0 Å². The van der Waals surface area contributed by atoms with Crippen molar-refractivity contribution in [1.29, 1.82) is 0 Å². The maximum atomic E-state index is 13.2. The van der Waals surface area contributed by atoms with E-state index in [2.05, 4.69) is 15.5 Å². The summed E-state index contributed by atoms with van der Waals surface area (Å²) in [5.41, 5.74) is -0.252. The van der Waals surface area contributed by atoms with E-state index in [1.165, 1.54) is 17.0 Å². The van der Waals surface area contributed by atoms with Crippen molar-refractivity contribution in [1.82, 2.24) is 25.3 Å². The number of carbonyl (C=O) groups is 3. The van der Waals surface area contributed by atoms with E-state index < -0.39 is 29.8 Å². The monoisotopic (exact) mass is 553 g/mol. The molecule has 0 unspecified atom stereocenters. The third-order valence-corrected chi connectivity index (χ3v) is 6.65. The third-order valence-electron chi connectivity index (χ3n) is 6.65. The van der Waals surface area contributed by atoms with Crippen molar-refractivity contribution in [3.05, 3.63) is 46.7 Å². The zero-order chi connectivity index (χ0) is 29.1. The summed E-state index contributed by atoms with van der Waals surface area (Å²) >= 11 is 0. The molecule has 4 amide bonds. The Morgan fingerprint density at radius 2 is 1.74 bits per heavy atom. The van der Waals surface area contributed by atoms with Crippen LogP contribution in [0.4, 0.5) is 22.8 Å². The summed E-state index contributed by atoms with van der Waals surface area (Å²) < 4.78 is 44.8. The van der Waals surface area contributed by atoms with E-state index in [0.717, 1.165) is 12.1 Å². The maximum absolute atomic E-state index is 13.2. The molecule has 0 aliphatic carbocycles. The van der Waals surface area contributed by atoms with E-state index in [1.54, 1.807) is 18.7 Å². The minimum absolute atomic E-state index is 0.0913. The number of urea groups is 2. The number of rotatable bonds is 6. The average molecular weight is 554 g/mol. The Labute approximate surface area is 227 Å². The fourth-order valence-corrected chi connectivity index (χ4v) is 4.85. The Morgan fingerprint density at radius 3 is 2.26 bits per heavy atom. The molecule has 1 aromatic rings. The molecule has 1 fully saturated rings. The van der Waals surface area contributed by atoms with Gasteiger partial charge < -0.3 is 20.3 Å². The van der Waals surface area contributed by atoms with Gasteiger partial charge in [-0.2, -0.15) is 13.2 Å². The van der Waals surface area contributed by atoms with Crippen LogP contribution in [0, 0.1) is 0 Å². The highest BCUT2D eigenvalue weighted by Gasteiger charge is 2.40. The number of hydrogen-bond donors (Lipinski definition) is 2. The number of nitrogens with zero attached hydrogens (tertiary/aromatic N) is 3. The van der Waals surface area contributed by atoms with Gasteiger partial charge in [0.05, 0.1) is 23.8 Å². The molecule has 2 N–H and O–H groups in total. The van der Waals surface area contributed by atoms with E-state index in [-0.39, 0.29) is 42.9 Å². The largest absolute Gasteiger partial charge is 0.463 e. The molecule has 1 saturated heterocycles. The van der Waals surface area contributed by atoms with E-state index in [9.17, 15) is 27.6 Å². The highest BCUT2D eigenvalue weighted by atomic mass is 19.4. The van der Waals surface area contributed by atoms with Crippen LogP contribution in [-0.4, -0.2) is 83.6 Å². The highest BCUT2D eigenvalue weighted by Crippen LogP contribution is 2.35. The molecule has 2 aliphatic rings. The predicted molar refractivity (Wildman–Crippen MR) is 140 cm³/mol. The van der Waals surface area contributed by atoms with Gasteiger partial charge in [-0.05, 0) is 59.2 Å². The first kappa shape index (κ1) is 30.3. The SMILES string of the molecule is CCOC(=O)C1=C(CN2CCN(C(=O)NC(C)(C)C)[C@H](C)C2)N(CC)C(=O)N[C@H]1c1ccc(C(F)(F)F)cc1. The molecule has 1 aromatic carbocycles. The van der Waals surface area contributed by atoms with Gasteiger partial charge in [0.15, 0.2) is 0 Å². The Kier molecular flexibility index (Phi) is 9.20. The first-order valence-corrected chi connectivity index (χ1v) is 13.1. The standard InChI is InChI=1S/C27H38F3N5O4/c1-7-34-20(16-33-13-14-35(17(3)15-33)25(38)32-26(4,5)6)21(23(36)39-8-2)22(31-24(34)37)18-9-11-19(12-10-18)27(28,29)30/h9-12,17,22H,7-8,13-16H2,1-6H3,(H,31,37)(H,32,38)/t17-,22+/m1/s1. The van der Waals surface area contributed by atoms with Gasteiger partial charge in [0.1, 0.15) is 0 Å². The van der Waals surface area contributed by atoms with Gasteiger partial charge in [-0.3, -0.25) is 9.80 Å². The Morgan fingerprint density at radius 1 is 1.10 bits per heavy atom. The number of ether oxygens (including phenoxy) is 1. The Hall–Kier alpha value is -3.28. The summed E-state index contributed by atoms with van der Waals surface area (Å²) in [7, 11) is 0. The number of alkyl halides is 3. The second kappa shape index (κ2) is 11.8. The molecule has 0 saturated carbocycles. The average Bonchev–Trinajstić information content (AvgIpc) is 2.82. The molecule has 0 radical (unpaired) electrons. The van der Waals surface area contributed by atoms with Crippen molar-refractivity contribution < 1.29 is 32.3 Å². The number of halogens is 3. The minimum Gasteiger partial charge on any atom is -0.463 e. The molecule has 39 heavy (non-hydrogen) atoms. The molecule has 0 spiro atoms. The summed E-state index contributed by atoms with van der Waals surface area (Å²) in [6, 6.07) is 2.66. The van der Waals surface area contributed by atoms with E-state index in [1.807, 2.05) is 27.7 Å². The number of nitrogens with one attached hydrogen (secondary N) is 2. The van der Waals surface area contributed by atoms with Crippen LogP contribution < -0.4 is 10.6 Å². The lowest BCUT2D eigenvalue weighted by atomic mass is 9.93. The first-order chi connectivity index (χ1) is 18.2. The zero-order valence-corrected chi connectivity index (χ0v) is 23.3. The number of piperazine rings is 1. The lowest BCUT2D eigenvalue weighted by molar-refractivity contribution is -0.139. The van der Waals surface area contributed by atoms with Crippen molar-refractivity contribution in [3.8, 4) is 0 Å². The first-order valence-electron chi connectivity index (χ1n) is 13.1. The van der Waals surface area contributed by atoms with Crippen molar-refractivity contribution in [2.24, 2.45) is 0 Å². The van der Waals surface area contributed by atoms with Gasteiger partial charge in [0.2, 0.25) is 0 Å². The topological polar surface area (TPSA) is 94.2 Å². The normalized spacial score (nSPS) is 21.1. The second-order valence-corrected chi connectivity index (χ2v) is 10.8. The molecule has 12 heteroatoms. The lowest BCUT2D eigenvalue weighted by Gasteiger charge is -2.43. The molecule has 2 atom stereocenters. The lowest BCUT2D eigenvalue weighted by Crippen LogP contribution is -2.59. The molecule has 9 nitrogen and oxygen atoms in total. The summed E-state index contributed by atoms with van der Waals surface area (Å²) in [6.07, 6.45) is -4.51.